The highest BCUT2D eigenvalue weighted by Gasteiger charge is 2.44. The van der Waals surface area contributed by atoms with Crippen LogP contribution in [0.2, 0.25) is 5.02 Å². The van der Waals surface area contributed by atoms with Crippen molar-refractivity contribution in [3.63, 3.8) is 0 Å². The van der Waals surface area contributed by atoms with Crippen LogP contribution in [-0.2, 0) is 0 Å². The standard InChI is InChI=1S/C25H27ClFN3O/c1-13(2)23-16-11-21(16)28-12-17(23)22-10-15(24(31)30-25(3,4)5)9-20(29-22)14-6-7-18(26)19(27)8-14/h6-10,12-13,16,21H,11H2,1-5H3,(H,30,31). The molecule has 4 nitrogen and oxygen atoms in total. The van der Waals surface area contributed by atoms with Gasteiger partial charge in [-0.2, -0.15) is 0 Å². The molecule has 2 aromatic rings. The van der Waals surface area contributed by atoms with E-state index < -0.39 is 5.82 Å². The van der Waals surface area contributed by atoms with Gasteiger partial charge in [0.05, 0.1) is 22.5 Å². The highest BCUT2D eigenvalue weighted by atomic mass is 35.5. The summed E-state index contributed by atoms with van der Waals surface area (Å²) < 4.78 is 14.2. The van der Waals surface area contributed by atoms with Crippen LogP contribution in [0.3, 0.4) is 0 Å². The van der Waals surface area contributed by atoms with Crippen molar-refractivity contribution < 1.29 is 9.18 Å². The zero-order valence-corrected chi connectivity index (χ0v) is 19.2. The number of aliphatic imine (C=N–C) groups is 1. The monoisotopic (exact) mass is 439 g/mol. The first-order chi connectivity index (χ1) is 14.5. The summed E-state index contributed by atoms with van der Waals surface area (Å²) in [6, 6.07) is 8.45. The Kier molecular flexibility index (Phi) is 5.50. The van der Waals surface area contributed by atoms with Gasteiger partial charge < -0.3 is 5.32 Å². The number of hydrogen-bond acceptors (Lipinski definition) is 3. The van der Waals surface area contributed by atoms with Gasteiger partial charge in [-0.05, 0) is 57.4 Å². The molecule has 0 radical (unpaired) electrons. The summed E-state index contributed by atoms with van der Waals surface area (Å²) in [7, 11) is 0. The van der Waals surface area contributed by atoms with Gasteiger partial charge in [-0.15, -0.1) is 0 Å². The van der Waals surface area contributed by atoms with Crippen LogP contribution in [0.1, 0.15) is 57.1 Å². The molecule has 4 rings (SSSR count). The van der Waals surface area contributed by atoms with Crippen molar-refractivity contribution in [2.45, 2.75) is 52.6 Å². The number of hydrogen-bond donors (Lipinski definition) is 1. The van der Waals surface area contributed by atoms with Gasteiger partial charge in [-0.1, -0.05) is 37.1 Å². The number of dihydropyridines is 1. The average Bonchev–Trinajstić information content (AvgIpc) is 3.47. The number of carbonyl (C=O) groups is 1. The van der Waals surface area contributed by atoms with Crippen LogP contribution in [0.5, 0.6) is 0 Å². The zero-order valence-electron chi connectivity index (χ0n) is 18.5. The summed E-state index contributed by atoms with van der Waals surface area (Å²) in [5.41, 5.74) is 4.16. The number of pyridine rings is 1. The smallest absolute Gasteiger partial charge is 0.251 e. The van der Waals surface area contributed by atoms with Crippen LogP contribution in [0, 0.1) is 17.7 Å². The Morgan fingerprint density at radius 2 is 1.90 bits per heavy atom. The third-order valence-corrected chi connectivity index (χ3v) is 5.86. The molecule has 2 aliphatic rings. The number of benzene rings is 1. The maximum atomic E-state index is 14.2. The molecule has 31 heavy (non-hydrogen) atoms. The van der Waals surface area contributed by atoms with Gasteiger partial charge in [0.25, 0.3) is 5.91 Å². The molecule has 0 saturated heterocycles. The van der Waals surface area contributed by atoms with E-state index in [1.807, 2.05) is 33.1 Å². The molecule has 1 aromatic carbocycles. The minimum Gasteiger partial charge on any atom is -0.347 e. The van der Waals surface area contributed by atoms with Crippen molar-refractivity contribution in [1.29, 1.82) is 0 Å². The zero-order chi connectivity index (χ0) is 22.5. The minimum atomic E-state index is -0.519. The summed E-state index contributed by atoms with van der Waals surface area (Å²) in [4.78, 5) is 22.5. The molecule has 1 aliphatic heterocycles. The first-order valence-electron chi connectivity index (χ1n) is 10.6. The average molecular weight is 440 g/mol. The van der Waals surface area contributed by atoms with Crippen molar-refractivity contribution in [3.8, 4) is 11.3 Å². The molecule has 1 N–H and O–H groups in total. The molecular formula is C25H27ClFN3O. The fraction of sp³-hybridized carbons (Fsp3) is 0.400. The van der Waals surface area contributed by atoms with E-state index >= 15 is 0 Å². The van der Waals surface area contributed by atoms with Gasteiger partial charge in [-0.3, -0.25) is 9.79 Å². The van der Waals surface area contributed by atoms with Crippen molar-refractivity contribution in [2.24, 2.45) is 16.8 Å². The molecule has 1 aromatic heterocycles. The molecule has 1 fully saturated rings. The molecule has 2 atom stereocenters. The molecule has 2 heterocycles. The first kappa shape index (κ1) is 21.7. The van der Waals surface area contributed by atoms with Crippen molar-refractivity contribution in [2.75, 3.05) is 0 Å². The van der Waals surface area contributed by atoms with E-state index in [-0.39, 0.29) is 16.5 Å². The first-order valence-corrected chi connectivity index (χ1v) is 11.0. The molecule has 1 aliphatic carbocycles. The number of amides is 1. The summed E-state index contributed by atoms with van der Waals surface area (Å²) in [5, 5.41) is 3.05. The second-order valence-corrected chi connectivity index (χ2v) is 10.1. The van der Waals surface area contributed by atoms with Gasteiger partial charge in [0.1, 0.15) is 5.82 Å². The van der Waals surface area contributed by atoms with Crippen LogP contribution < -0.4 is 5.32 Å². The number of rotatable bonds is 4. The summed E-state index contributed by atoms with van der Waals surface area (Å²) >= 11 is 5.87. The molecule has 1 saturated carbocycles. The number of nitrogens with zero attached hydrogens (tertiary/aromatic N) is 2. The van der Waals surface area contributed by atoms with E-state index in [0.717, 1.165) is 12.0 Å². The Bertz CT molecular complexity index is 1110. The van der Waals surface area contributed by atoms with Crippen molar-refractivity contribution in [1.82, 2.24) is 10.3 Å². The summed E-state index contributed by atoms with van der Waals surface area (Å²) in [6.07, 6.45) is 2.95. The minimum absolute atomic E-state index is 0.0506. The van der Waals surface area contributed by atoms with Gasteiger partial charge in [0, 0.05) is 34.4 Å². The number of carbonyl (C=O) groups excluding carboxylic acids is 1. The fourth-order valence-corrected chi connectivity index (χ4v) is 4.21. The van der Waals surface area contributed by atoms with E-state index in [4.69, 9.17) is 16.6 Å². The highest BCUT2D eigenvalue weighted by Crippen LogP contribution is 2.48. The molecular weight excluding hydrogens is 413 g/mol. The lowest BCUT2D eigenvalue weighted by atomic mass is 9.89. The molecule has 0 spiro atoms. The Hall–Kier alpha value is -2.53. The van der Waals surface area contributed by atoms with E-state index in [2.05, 4.69) is 24.2 Å². The maximum Gasteiger partial charge on any atom is 0.251 e. The van der Waals surface area contributed by atoms with Crippen molar-refractivity contribution in [3.05, 3.63) is 58.0 Å². The van der Waals surface area contributed by atoms with E-state index in [0.29, 0.717) is 40.4 Å². The normalized spacial score (nSPS) is 20.1. The van der Waals surface area contributed by atoms with Gasteiger partial charge in [0.2, 0.25) is 0 Å². The largest absolute Gasteiger partial charge is 0.347 e. The summed E-state index contributed by atoms with van der Waals surface area (Å²) in [6.45, 7) is 10.2. The molecule has 0 bridgehead atoms. The lowest BCUT2D eigenvalue weighted by Gasteiger charge is -2.22. The number of halogens is 2. The van der Waals surface area contributed by atoms with Gasteiger partial charge >= 0.3 is 0 Å². The Morgan fingerprint density at radius 1 is 1.19 bits per heavy atom. The summed E-state index contributed by atoms with van der Waals surface area (Å²) in [5.74, 6) is 0.0806. The Labute approximate surface area is 187 Å². The second-order valence-electron chi connectivity index (χ2n) is 9.67. The van der Waals surface area contributed by atoms with E-state index in [1.165, 1.54) is 17.7 Å². The van der Waals surface area contributed by atoms with Crippen molar-refractivity contribution >= 4 is 29.3 Å². The maximum absolute atomic E-state index is 14.2. The van der Waals surface area contributed by atoms with E-state index in [1.54, 1.807) is 12.1 Å². The van der Waals surface area contributed by atoms with Crippen LogP contribution in [0.4, 0.5) is 4.39 Å². The predicted octanol–water partition coefficient (Wildman–Crippen LogP) is 5.95. The third-order valence-electron chi connectivity index (χ3n) is 5.55. The number of fused-ring (bicyclic) bond motifs is 1. The topological polar surface area (TPSA) is 54.4 Å². The number of allylic oxidation sites excluding steroid dienone is 1. The number of aromatic nitrogens is 1. The van der Waals surface area contributed by atoms with Crippen LogP contribution >= 0.6 is 11.6 Å². The van der Waals surface area contributed by atoms with Crippen LogP contribution in [0.25, 0.3) is 16.8 Å². The highest BCUT2D eigenvalue weighted by molar-refractivity contribution is 6.30. The predicted molar refractivity (Wildman–Crippen MR) is 124 cm³/mol. The molecule has 1 amide bonds. The van der Waals surface area contributed by atoms with Crippen LogP contribution in [-0.4, -0.2) is 28.7 Å². The quantitative estimate of drug-likeness (QED) is 0.639. The SMILES string of the molecule is CC(C)C1=C(c2cc(C(=O)NC(C)(C)C)cc(-c3ccc(Cl)c(F)c3)n2)C=NC2CC12. The number of nitrogens with one attached hydrogen (secondary N) is 1. The Balaban J connectivity index is 1.87. The third kappa shape index (κ3) is 4.57. The Morgan fingerprint density at radius 3 is 2.55 bits per heavy atom. The van der Waals surface area contributed by atoms with Gasteiger partial charge in [0.15, 0.2) is 0 Å². The molecule has 2 unspecified atom stereocenters. The van der Waals surface area contributed by atoms with Crippen LogP contribution in [0.15, 0.2) is 40.9 Å². The van der Waals surface area contributed by atoms with E-state index in [9.17, 15) is 9.18 Å². The van der Waals surface area contributed by atoms with Gasteiger partial charge in [-0.25, -0.2) is 9.37 Å². The molecule has 162 valence electrons. The second kappa shape index (κ2) is 7.86. The lowest BCUT2D eigenvalue weighted by molar-refractivity contribution is 0.0919. The lowest BCUT2D eigenvalue weighted by Crippen LogP contribution is -2.40. The fourth-order valence-electron chi connectivity index (χ4n) is 4.09. The molecule has 6 heteroatoms.